The van der Waals surface area contributed by atoms with Gasteiger partial charge in [0.15, 0.2) is 0 Å². The lowest BCUT2D eigenvalue weighted by atomic mass is 10.0. The van der Waals surface area contributed by atoms with Crippen LogP contribution in [0.4, 0.5) is 0 Å². The van der Waals surface area contributed by atoms with Crippen LogP contribution in [0, 0.1) is 26.7 Å². The molecule has 0 bridgehead atoms. The monoisotopic (exact) mass is 348 g/mol. The van der Waals surface area contributed by atoms with E-state index in [0.717, 1.165) is 11.3 Å². The lowest BCUT2D eigenvalue weighted by Gasteiger charge is -2.36. The number of carboxylic acids is 1. The van der Waals surface area contributed by atoms with Gasteiger partial charge in [-0.15, -0.1) is 0 Å². The van der Waals surface area contributed by atoms with E-state index in [1.54, 1.807) is 16.7 Å². The molecule has 2 amide bonds. The third-order valence-corrected chi connectivity index (χ3v) is 5.48. The van der Waals surface area contributed by atoms with E-state index in [1.165, 1.54) is 0 Å². The van der Waals surface area contributed by atoms with Crippen molar-refractivity contribution in [2.75, 3.05) is 19.6 Å². The smallest absolute Gasteiger partial charge is 0.308 e. The maximum absolute atomic E-state index is 12.8. The zero-order valence-corrected chi connectivity index (χ0v) is 14.9. The van der Waals surface area contributed by atoms with E-state index >= 15 is 0 Å². The predicted octanol–water partition coefficient (Wildman–Crippen LogP) is 1.74. The molecule has 0 saturated carbocycles. The van der Waals surface area contributed by atoms with E-state index in [4.69, 9.17) is 9.52 Å². The Hall–Kier alpha value is -2.31. The number of rotatable bonds is 3. The first-order valence-electron chi connectivity index (χ1n) is 8.67. The Kier molecular flexibility index (Phi) is 4.58. The van der Waals surface area contributed by atoms with Gasteiger partial charge in [0, 0.05) is 37.7 Å². The summed E-state index contributed by atoms with van der Waals surface area (Å²) < 4.78 is 5.55. The van der Waals surface area contributed by atoms with Crippen molar-refractivity contribution < 1.29 is 23.9 Å². The molecule has 2 aliphatic heterocycles. The molecule has 1 aromatic heterocycles. The molecule has 0 aliphatic carbocycles. The zero-order chi connectivity index (χ0) is 18.3. The molecular weight excluding hydrogens is 324 g/mol. The largest absolute Gasteiger partial charge is 0.481 e. The number of hydrogen-bond acceptors (Lipinski definition) is 4. The molecule has 0 radical (unpaired) electrons. The van der Waals surface area contributed by atoms with Crippen LogP contribution < -0.4 is 0 Å². The quantitative estimate of drug-likeness (QED) is 0.898. The van der Waals surface area contributed by atoms with Crippen LogP contribution in [0.25, 0.3) is 0 Å². The van der Waals surface area contributed by atoms with Crippen molar-refractivity contribution in [2.45, 2.75) is 46.1 Å². The van der Waals surface area contributed by atoms with Crippen LogP contribution in [0.15, 0.2) is 4.42 Å². The summed E-state index contributed by atoms with van der Waals surface area (Å²) in [5, 5.41) is 9.10. The van der Waals surface area contributed by atoms with Crippen molar-refractivity contribution in [3.05, 3.63) is 22.6 Å². The normalized spacial score (nSPS) is 21.9. The summed E-state index contributed by atoms with van der Waals surface area (Å²) in [7, 11) is 0. The predicted molar refractivity (Wildman–Crippen MR) is 89.3 cm³/mol. The average molecular weight is 348 g/mol. The van der Waals surface area contributed by atoms with Gasteiger partial charge < -0.3 is 19.3 Å². The van der Waals surface area contributed by atoms with Crippen molar-refractivity contribution in [2.24, 2.45) is 5.92 Å². The molecule has 1 N–H and O–H groups in total. The molecule has 3 heterocycles. The van der Waals surface area contributed by atoms with E-state index in [1.807, 2.05) is 13.8 Å². The van der Waals surface area contributed by atoms with Crippen molar-refractivity contribution in [1.82, 2.24) is 9.80 Å². The minimum Gasteiger partial charge on any atom is -0.481 e. The summed E-state index contributed by atoms with van der Waals surface area (Å²) in [6.45, 7) is 6.95. The highest BCUT2D eigenvalue weighted by Crippen LogP contribution is 2.28. The number of likely N-dealkylation sites (tertiary alicyclic amines) is 2. The number of carbonyl (C=O) groups is 3. The number of aryl methyl sites for hydroxylation is 2. The molecule has 7 heteroatoms. The van der Waals surface area contributed by atoms with Crippen LogP contribution in [0.2, 0.25) is 0 Å². The van der Waals surface area contributed by atoms with Crippen molar-refractivity contribution >= 4 is 17.8 Å². The second kappa shape index (κ2) is 6.54. The van der Waals surface area contributed by atoms with Gasteiger partial charge in [0.05, 0.1) is 11.5 Å². The SMILES string of the molecule is Cc1oc(C)c(C(=O)N2CCC(N3CC(C(=O)O)CC3=O)CC2)c1C. The van der Waals surface area contributed by atoms with Crippen molar-refractivity contribution in [3.8, 4) is 0 Å². The molecule has 0 spiro atoms. The fraction of sp³-hybridized carbons (Fsp3) is 0.611. The third kappa shape index (κ3) is 3.15. The minimum absolute atomic E-state index is 0.0224. The van der Waals surface area contributed by atoms with E-state index in [0.29, 0.717) is 37.3 Å². The standard InChI is InChI=1S/C18H24N2O5/c1-10-11(2)25-12(3)16(10)17(22)19-6-4-14(5-7-19)20-9-13(18(23)24)8-15(20)21/h13-14H,4-9H2,1-3H3,(H,23,24). The van der Waals surface area contributed by atoms with E-state index in [9.17, 15) is 14.4 Å². The fourth-order valence-electron chi connectivity index (χ4n) is 3.90. The van der Waals surface area contributed by atoms with E-state index in [2.05, 4.69) is 0 Å². The Morgan fingerprint density at radius 2 is 1.76 bits per heavy atom. The second-order valence-electron chi connectivity index (χ2n) is 7.02. The molecule has 25 heavy (non-hydrogen) atoms. The zero-order valence-electron chi connectivity index (χ0n) is 14.9. The number of piperidine rings is 1. The maximum Gasteiger partial charge on any atom is 0.308 e. The van der Waals surface area contributed by atoms with Crippen LogP contribution in [0.5, 0.6) is 0 Å². The van der Waals surface area contributed by atoms with Gasteiger partial charge in [0.1, 0.15) is 11.5 Å². The molecule has 0 aromatic carbocycles. The van der Waals surface area contributed by atoms with Crippen LogP contribution in [-0.4, -0.2) is 58.4 Å². The molecule has 2 aliphatic rings. The summed E-state index contributed by atoms with van der Waals surface area (Å²) in [6.07, 6.45) is 1.44. The number of amides is 2. The first-order chi connectivity index (χ1) is 11.8. The van der Waals surface area contributed by atoms with Crippen molar-refractivity contribution in [3.63, 3.8) is 0 Å². The second-order valence-corrected chi connectivity index (χ2v) is 7.02. The molecule has 2 saturated heterocycles. The number of nitrogens with zero attached hydrogens (tertiary/aromatic N) is 2. The van der Waals surface area contributed by atoms with Gasteiger partial charge >= 0.3 is 5.97 Å². The summed E-state index contributed by atoms with van der Waals surface area (Å²) in [6, 6.07) is 0.0224. The molecule has 2 fully saturated rings. The lowest BCUT2D eigenvalue weighted by molar-refractivity contribution is -0.141. The Morgan fingerprint density at radius 1 is 1.12 bits per heavy atom. The number of carboxylic acid groups (broad SMARTS) is 1. The van der Waals surface area contributed by atoms with Gasteiger partial charge in [0.2, 0.25) is 5.91 Å². The first-order valence-corrected chi connectivity index (χ1v) is 8.67. The highest BCUT2D eigenvalue weighted by molar-refractivity contribution is 5.97. The van der Waals surface area contributed by atoms with E-state index < -0.39 is 11.9 Å². The Labute approximate surface area is 146 Å². The fourth-order valence-corrected chi connectivity index (χ4v) is 3.90. The molecular formula is C18H24N2O5. The number of hydrogen-bond donors (Lipinski definition) is 1. The molecule has 1 unspecified atom stereocenters. The molecule has 3 rings (SSSR count). The Bertz CT molecular complexity index is 715. The van der Waals surface area contributed by atoms with Crippen molar-refractivity contribution in [1.29, 1.82) is 0 Å². The minimum atomic E-state index is -0.912. The molecule has 136 valence electrons. The highest BCUT2D eigenvalue weighted by Gasteiger charge is 2.39. The summed E-state index contributed by atoms with van der Waals surface area (Å²) in [5.74, 6) is -0.230. The number of aliphatic carboxylic acids is 1. The molecule has 7 nitrogen and oxygen atoms in total. The average Bonchev–Trinajstić information content (AvgIpc) is 3.07. The highest BCUT2D eigenvalue weighted by atomic mass is 16.4. The summed E-state index contributed by atoms with van der Waals surface area (Å²) in [5.41, 5.74) is 1.52. The maximum atomic E-state index is 12.8. The first kappa shape index (κ1) is 17.5. The van der Waals surface area contributed by atoms with Crippen LogP contribution in [-0.2, 0) is 9.59 Å². The van der Waals surface area contributed by atoms with Crippen LogP contribution >= 0.6 is 0 Å². The van der Waals surface area contributed by atoms with Gasteiger partial charge in [-0.25, -0.2) is 0 Å². The number of furan rings is 1. The van der Waals surface area contributed by atoms with Gasteiger partial charge in [-0.1, -0.05) is 0 Å². The molecule has 1 atom stereocenters. The van der Waals surface area contributed by atoms with Gasteiger partial charge in [-0.05, 0) is 33.6 Å². The Morgan fingerprint density at radius 3 is 2.24 bits per heavy atom. The van der Waals surface area contributed by atoms with Crippen LogP contribution in [0.3, 0.4) is 0 Å². The third-order valence-electron chi connectivity index (χ3n) is 5.48. The number of carbonyl (C=O) groups excluding carboxylic acids is 2. The Balaban J connectivity index is 1.63. The molecule has 1 aromatic rings. The van der Waals surface area contributed by atoms with Gasteiger partial charge in [-0.2, -0.15) is 0 Å². The lowest BCUT2D eigenvalue weighted by Crippen LogP contribution is -2.47. The van der Waals surface area contributed by atoms with E-state index in [-0.39, 0.29) is 30.8 Å². The summed E-state index contributed by atoms with van der Waals surface area (Å²) >= 11 is 0. The van der Waals surface area contributed by atoms with Gasteiger partial charge in [0.25, 0.3) is 5.91 Å². The topological polar surface area (TPSA) is 91.1 Å². The summed E-state index contributed by atoms with van der Waals surface area (Å²) in [4.78, 5) is 39.5. The van der Waals surface area contributed by atoms with Gasteiger partial charge in [-0.3, -0.25) is 14.4 Å². The van der Waals surface area contributed by atoms with Crippen LogP contribution in [0.1, 0.15) is 46.7 Å².